The highest BCUT2D eigenvalue weighted by Crippen LogP contribution is 2.47. The molecular weight excluding hydrogens is 314 g/mol. The SMILES string of the molecule is O=C(NCC12CCCC=C1N(CC1CC1)C(=O)CC2)c1ccccn1. The number of piperidine rings is 1. The van der Waals surface area contributed by atoms with Crippen LogP contribution in [0.2, 0.25) is 0 Å². The van der Waals surface area contributed by atoms with E-state index in [1.54, 1.807) is 18.3 Å². The molecule has 5 heteroatoms. The molecule has 0 spiro atoms. The highest BCUT2D eigenvalue weighted by molar-refractivity contribution is 5.92. The number of allylic oxidation sites excluding steroid dienone is 1. The third kappa shape index (κ3) is 3.32. The van der Waals surface area contributed by atoms with Crippen molar-refractivity contribution in [2.75, 3.05) is 13.1 Å². The quantitative estimate of drug-likeness (QED) is 0.897. The number of likely N-dealkylation sites (tertiary alicyclic amines) is 1. The van der Waals surface area contributed by atoms with Gasteiger partial charge in [-0.05, 0) is 56.6 Å². The van der Waals surface area contributed by atoms with E-state index in [1.165, 1.54) is 18.5 Å². The first-order valence-corrected chi connectivity index (χ1v) is 9.38. The molecule has 1 N–H and O–H groups in total. The van der Waals surface area contributed by atoms with E-state index in [-0.39, 0.29) is 17.2 Å². The molecule has 1 aromatic rings. The molecule has 1 atom stereocenters. The Morgan fingerprint density at radius 2 is 2.20 bits per heavy atom. The van der Waals surface area contributed by atoms with Crippen molar-refractivity contribution in [1.82, 2.24) is 15.2 Å². The maximum atomic E-state index is 12.5. The fourth-order valence-corrected chi connectivity index (χ4v) is 4.15. The van der Waals surface area contributed by atoms with Gasteiger partial charge in [0.1, 0.15) is 5.69 Å². The molecule has 132 valence electrons. The van der Waals surface area contributed by atoms with Crippen molar-refractivity contribution in [3.05, 3.63) is 41.9 Å². The minimum Gasteiger partial charge on any atom is -0.350 e. The molecule has 2 fully saturated rings. The van der Waals surface area contributed by atoms with Crippen molar-refractivity contribution in [1.29, 1.82) is 0 Å². The molecule has 1 aromatic heterocycles. The number of nitrogens with one attached hydrogen (secondary N) is 1. The van der Waals surface area contributed by atoms with Crippen LogP contribution >= 0.6 is 0 Å². The largest absolute Gasteiger partial charge is 0.350 e. The van der Waals surface area contributed by atoms with Crippen molar-refractivity contribution in [2.24, 2.45) is 11.3 Å². The number of fused-ring (bicyclic) bond motifs is 1. The topological polar surface area (TPSA) is 62.3 Å². The molecule has 25 heavy (non-hydrogen) atoms. The third-order valence-corrected chi connectivity index (χ3v) is 5.77. The van der Waals surface area contributed by atoms with Crippen LogP contribution in [0.25, 0.3) is 0 Å². The first kappa shape index (κ1) is 16.3. The fourth-order valence-electron chi connectivity index (χ4n) is 4.15. The monoisotopic (exact) mass is 339 g/mol. The number of hydrogen-bond acceptors (Lipinski definition) is 3. The Balaban J connectivity index is 1.51. The van der Waals surface area contributed by atoms with E-state index in [4.69, 9.17) is 0 Å². The van der Waals surface area contributed by atoms with Crippen molar-refractivity contribution >= 4 is 11.8 Å². The number of pyridine rings is 1. The van der Waals surface area contributed by atoms with Crippen LogP contribution in [0.5, 0.6) is 0 Å². The zero-order valence-corrected chi connectivity index (χ0v) is 14.5. The second-order valence-electron chi connectivity index (χ2n) is 7.61. The molecule has 1 saturated heterocycles. The summed E-state index contributed by atoms with van der Waals surface area (Å²) < 4.78 is 0. The van der Waals surface area contributed by atoms with Crippen LogP contribution in [0.4, 0.5) is 0 Å². The average molecular weight is 339 g/mol. The van der Waals surface area contributed by atoms with E-state index in [2.05, 4.69) is 16.4 Å². The van der Waals surface area contributed by atoms with Gasteiger partial charge >= 0.3 is 0 Å². The fraction of sp³-hybridized carbons (Fsp3) is 0.550. The van der Waals surface area contributed by atoms with Crippen molar-refractivity contribution in [2.45, 2.75) is 44.9 Å². The lowest BCUT2D eigenvalue weighted by atomic mass is 9.69. The minimum absolute atomic E-state index is 0.0918. The van der Waals surface area contributed by atoms with E-state index >= 15 is 0 Å². The zero-order valence-electron chi connectivity index (χ0n) is 14.5. The average Bonchev–Trinajstić information content (AvgIpc) is 3.47. The summed E-state index contributed by atoms with van der Waals surface area (Å²) in [6, 6.07) is 5.36. The lowest BCUT2D eigenvalue weighted by Gasteiger charge is -2.47. The van der Waals surface area contributed by atoms with Crippen LogP contribution in [0, 0.1) is 11.3 Å². The Labute approximate surface area is 148 Å². The Kier molecular flexibility index (Phi) is 4.32. The van der Waals surface area contributed by atoms with Gasteiger partial charge in [0.05, 0.1) is 0 Å². The summed E-state index contributed by atoms with van der Waals surface area (Å²) in [6.07, 6.45) is 11.0. The number of amides is 2. The highest BCUT2D eigenvalue weighted by Gasteiger charge is 2.45. The van der Waals surface area contributed by atoms with Gasteiger partial charge in [0.15, 0.2) is 0 Å². The van der Waals surface area contributed by atoms with Crippen molar-refractivity contribution in [3.63, 3.8) is 0 Å². The van der Waals surface area contributed by atoms with Gasteiger partial charge in [0.2, 0.25) is 5.91 Å². The van der Waals surface area contributed by atoms with E-state index in [0.29, 0.717) is 24.6 Å². The molecule has 0 radical (unpaired) electrons. The van der Waals surface area contributed by atoms with Gasteiger partial charge in [-0.2, -0.15) is 0 Å². The van der Waals surface area contributed by atoms with Crippen LogP contribution in [0.15, 0.2) is 36.2 Å². The number of hydrogen-bond donors (Lipinski definition) is 1. The van der Waals surface area contributed by atoms with Gasteiger partial charge in [0, 0.05) is 36.8 Å². The lowest BCUT2D eigenvalue weighted by molar-refractivity contribution is -0.134. The number of rotatable bonds is 5. The summed E-state index contributed by atoms with van der Waals surface area (Å²) in [7, 11) is 0. The second-order valence-corrected chi connectivity index (χ2v) is 7.61. The maximum Gasteiger partial charge on any atom is 0.269 e. The van der Waals surface area contributed by atoms with Gasteiger partial charge in [-0.25, -0.2) is 0 Å². The predicted molar refractivity (Wildman–Crippen MR) is 94.6 cm³/mol. The second kappa shape index (κ2) is 6.62. The highest BCUT2D eigenvalue weighted by atomic mass is 16.2. The van der Waals surface area contributed by atoms with Gasteiger partial charge in [-0.3, -0.25) is 14.6 Å². The summed E-state index contributed by atoms with van der Waals surface area (Å²) in [5.41, 5.74) is 1.52. The normalized spacial score (nSPS) is 26.0. The van der Waals surface area contributed by atoms with Crippen LogP contribution in [-0.4, -0.2) is 34.8 Å². The van der Waals surface area contributed by atoms with E-state index in [9.17, 15) is 9.59 Å². The zero-order chi connectivity index (χ0) is 17.3. The van der Waals surface area contributed by atoms with Crippen molar-refractivity contribution < 1.29 is 9.59 Å². The molecule has 1 saturated carbocycles. The smallest absolute Gasteiger partial charge is 0.269 e. The maximum absolute atomic E-state index is 12.5. The number of nitrogens with zero attached hydrogens (tertiary/aromatic N) is 2. The van der Waals surface area contributed by atoms with Gasteiger partial charge in [0.25, 0.3) is 5.91 Å². The lowest BCUT2D eigenvalue weighted by Crippen LogP contribution is -2.51. The summed E-state index contributed by atoms with van der Waals surface area (Å²) in [6.45, 7) is 1.45. The van der Waals surface area contributed by atoms with Crippen LogP contribution < -0.4 is 5.32 Å². The molecular formula is C20H25N3O2. The predicted octanol–water partition coefficient (Wildman–Crippen LogP) is 2.90. The minimum atomic E-state index is -0.134. The Morgan fingerprint density at radius 1 is 1.32 bits per heavy atom. The van der Waals surface area contributed by atoms with E-state index in [0.717, 1.165) is 32.2 Å². The van der Waals surface area contributed by atoms with Gasteiger partial charge in [-0.1, -0.05) is 12.1 Å². The van der Waals surface area contributed by atoms with Crippen molar-refractivity contribution in [3.8, 4) is 0 Å². The first-order valence-electron chi connectivity index (χ1n) is 9.38. The molecule has 2 heterocycles. The number of carbonyl (C=O) groups is 2. The number of carbonyl (C=O) groups excluding carboxylic acids is 2. The Morgan fingerprint density at radius 3 is 2.96 bits per heavy atom. The van der Waals surface area contributed by atoms with E-state index in [1.807, 2.05) is 11.0 Å². The molecule has 5 nitrogen and oxygen atoms in total. The summed E-state index contributed by atoms with van der Waals surface area (Å²) in [4.78, 5) is 31.1. The Bertz CT molecular complexity index is 696. The van der Waals surface area contributed by atoms with E-state index < -0.39 is 0 Å². The first-order chi connectivity index (χ1) is 12.2. The molecule has 1 unspecified atom stereocenters. The summed E-state index contributed by atoms with van der Waals surface area (Å²) >= 11 is 0. The molecule has 0 aromatic carbocycles. The van der Waals surface area contributed by atoms with Crippen LogP contribution in [0.3, 0.4) is 0 Å². The van der Waals surface area contributed by atoms with Crippen LogP contribution in [0.1, 0.15) is 55.4 Å². The van der Waals surface area contributed by atoms with Gasteiger partial charge < -0.3 is 10.2 Å². The number of aromatic nitrogens is 1. The van der Waals surface area contributed by atoms with Gasteiger partial charge in [-0.15, -0.1) is 0 Å². The molecule has 3 aliphatic rings. The molecule has 0 bridgehead atoms. The summed E-state index contributed by atoms with van der Waals surface area (Å²) in [5.74, 6) is 0.794. The standard InChI is InChI=1S/C20H25N3O2/c24-18-9-11-20(14-22-19(25)16-5-2-4-12-21-16)10-3-1-6-17(20)23(18)13-15-7-8-15/h2,4-6,12,15H,1,3,7-11,13-14H2,(H,22,25). The molecule has 2 amide bonds. The Hall–Kier alpha value is -2.17. The molecule has 4 rings (SSSR count). The van der Waals surface area contributed by atoms with Crippen LogP contribution in [-0.2, 0) is 4.79 Å². The molecule has 1 aliphatic heterocycles. The third-order valence-electron chi connectivity index (χ3n) is 5.77. The molecule has 2 aliphatic carbocycles. The summed E-state index contributed by atoms with van der Waals surface area (Å²) in [5, 5.41) is 3.08.